The number of aromatic nitrogens is 5. The van der Waals surface area contributed by atoms with Gasteiger partial charge in [-0.05, 0) is 79.5 Å². The Balaban J connectivity index is 1.29. The van der Waals surface area contributed by atoms with E-state index in [1.807, 2.05) is 41.9 Å². The van der Waals surface area contributed by atoms with Crippen molar-refractivity contribution in [3.63, 3.8) is 0 Å². The molecule has 0 unspecified atom stereocenters. The van der Waals surface area contributed by atoms with E-state index < -0.39 is 5.82 Å². The Morgan fingerprint density at radius 1 is 1.27 bits per heavy atom. The van der Waals surface area contributed by atoms with Gasteiger partial charge in [0.15, 0.2) is 5.82 Å². The van der Waals surface area contributed by atoms with Crippen molar-refractivity contribution < 1.29 is 9.18 Å². The van der Waals surface area contributed by atoms with Crippen LogP contribution in [0.15, 0.2) is 48.9 Å². The number of rotatable bonds is 7. The second kappa shape index (κ2) is 10.5. The van der Waals surface area contributed by atoms with Gasteiger partial charge in [-0.25, -0.2) is 8.91 Å². The second-order valence-corrected chi connectivity index (χ2v) is 11.5. The van der Waals surface area contributed by atoms with Crippen molar-refractivity contribution in [3.8, 4) is 6.07 Å². The zero-order chi connectivity index (χ0) is 27.9. The molecular formula is C30H33FN8O. The van der Waals surface area contributed by atoms with Gasteiger partial charge in [0.25, 0.3) is 5.91 Å². The smallest absolute Gasteiger partial charge is 0.274 e. The summed E-state index contributed by atoms with van der Waals surface area (Å²) < 4.78 is 18.0. The SMILES string of the molecule is C[C@H]1CCCN(Cc2cc(C(=O)Nc3cccc(C4(c5nncn5C)CC(CC#N)C4)c3)n3ncc(F)c3c2)C1. The lowest BCUT2D eigenvalue weighted by atomic mass is 9.57. The van der Waals surface area contributed by atoms with E-state index in [4.69, 9.17) is 0 Å². The number of nitrogens with zero attached hydrogens (tertiary/aromatic N) is 7. The first-order valence-corrected chi connectivity index (χ1v) is 13.9. The molecule has 1 N–H and O–H groups in total. The summed E-state index contributed by atoms with van der Waals surface area (Å²) in [4.78, 5) is 16.0. The number of hydrogen-bond donors (Lipinski definition) is 1. The maximum atomic E-state index is 14.7. The molecule has 10 heteroatoms. The Morgan fingerprint density at radius 3 is 2.88 bits per heavy atom. The van der Waals surface area contributed by atoms with Gasteiger partial charge in [0.05, 0.1) is 17.7 Å². The van der Waals surface area contributed by atoms with E-state index in [1.165, 1.54) is 10.9 Å². The highest BCUT2D eigenvalue weighted by atomic mass is 19.1. The zero-order valence-electron chi connectivity index (χ0n) is 22.8. The predicted octanol–water partition coefficient (Wildman–Crippen LogP) is 4.70. The molecule has 2 fully saturated rings. The fraction of sp³-hybridized carbons (Fsp3) is 0.433. The molecule has 0 radical (unpaired) electrons. The van der Waals surface area contributed by atoms with E-state index in [9.17, 15) is 14.4 Å². The van der Waals surface area contributed by atoms with Gasteiger partial charge in [-0.1, -0.05) is 19.1 Å². The molecule has 1 saturated carbocycles. The Bertz CT molecular complexity index is 1590. The third-order valence-electron chi connectivity index (χ3n) is 8.48. The molecule has 0 spiro atoms. The molecule has 1 amide bonds. The van der Waals surface area contributed by atoms with Crippen molar-refractivity contribution in [2.75, 3.05) is 18.4 Å². The number of likely N-dealkylation sites (tertiary alicyclic amines) is 1. The maximum absolute atomic E-state index is 14.7. The second-order valence-electron chi connectivity index (χ2n) is 11.5. The van der Waals surface area contributed by atoms with Crippen LogP contribution in [0.1, 0.15) is 66.5 Å². The molecule has 4 aromatic rings. The first kappa shape index (κ1) is 26.1. The number of pyridine rings is 1. The normalized spacial score (nSPS) is 23.1. The number of nitrogens with one attached hydrogen (secondary N) is 1. The van der Waals surface area contributed by atoms with Gasteiger partial charge >= 0.3 is 0 Å². The van der Waals surface area contributed by atoms with E-state index >= 15 is 0 Å². The Morgan fingerprint density at radius 2 is 2.12 bits per heavy atom. The molecule has 0 bridgehead atoms. The van der Waals surface area contributed by atoms with Crippen molar-refractivity contribution in [1.29, 1.82) is 5.26 Å². The van der Waals surface area contributed by atoms with Gasteiger partial charge in [0.1, 0.15) is 23.4 Å². The number of nitriles is 1. The van der Waals surface area contributed by atoms with Crippen LogP contribution in [0.2, 0.25) is 0 Å². The topological polar surface area (TPSA) is 104 Å². The van der Waals surface area contributed by atoms with Gasteiger partial charge in [0.2, 0.25) is 0 Å². The number of hydrogen-bond acceptors (Lipinski definition) is 6. The highest BCUT2D eigenvalue weighted by molar-refractivity contribution is 6.03. The molecule has 206 valence electrons. The minimum absolute atomic E-state index is 0.285. The van der Waals surface area contributed by atoms with Crippen LogP contribution in [0.4, 0.5) is 10.1 Å². The van der Waals surface area contributed by atoms with Crippen molar-refractivity contribution in [1.82, 2.24) is 29.3 Å². The molecule has 3 aromatic heterocycles. The molecule has 1 atom stereocenters. The van der Waals surface area contributed by atoms with E-state index in [1.54, 1.807) is 12.4 Å². The number of piperidine rings is 1. The number of aryl methyl sites for hydroxylation is 1. The van der Waals surface area contributed by atoms with E-state index in [2.05, 4.69) is 38.5 Å². The molecule has 4 heterocycles. The van der Waals surface area contributed by atoms with Crippen molar-refractivity contribution in [2.45, 2.75) is 51.0 Å². The predicted molar refractivity (Wildman–Crippen MR) is 148 cm³/mol. The van der Waals surface area contributed by atoms with Crippen molar-refractivity contribution in [2.24, 2.45) is 18.9 Å². The monoisotopic (exact) mass is 540 g/mol. The van der Waals surface area contributed by atoms with Crippen LogP contribution in [-0.2, 0) is 19.0 Å². The number of halogens is 1. The summed E-state index contributed by atoms with van der Waals surface area (Å²) >= 11 is 0. The Kier molecular flexibility index (Phi) is 6.84. The first-order valence-electron chi connectivity index (χ1n) is 13.9. The fourth-order valence-corrected chi connectivity index (χ4v) is 6.61. The number of fused-ring (bicyclic) bond motifs is 1. The van der Waals surface area contributed by atoms with Gasteiger partial charge in [-0.2, -0.15) is 10.4 Å². The largest absolute Gasteiger partial charge is 0.321 e. The summed E-state index contributed by atoms with van der Waals surface area (Å²) in [5.41, 5.74) is 2.73. The molecule has 1 saturated heterocycles. The summed E-state index contributed by atoms with van der Waals surface area (Å²) in [5.74, 6) is 0.942. The van der Waals surface area contributed by atoms with Crippen LogP contribution < -0.4 is 5.32 Å². The molecule has 9 nitrogen and oxygen atoms in total. The standard InChI is InChI=1S/C30H33FN8O/c1-20-5-4-10-38(17-20)18-22-11-26-25(31)16-34-39(26)27(12-22)28(40)35-24-7-3-6-23(13-24)30(14-21(15-30)8-9-32)29-36-33-19-37(29)2/h3,6-7,11-13,16,19-21H,4-5,8,10,14-15,17-18H2,1-2H3,(H,35,40)/t20-,21?,30?/m0/s1. The third-order valence-corrected chi connectivity index (χ3v) is 8.48. The van der Waals surface area contributed by atoms with Crippen LogP contribution in [0.3, 0.4) is 0 Å². The Hall–Kier alpha value is -4.10. The Labute approximate surface area is 232 Å². The number of benzene rings is 1. The van der Waals surface area contributed by atoms with Crippen LogP contribution >= 0.6 is 0 Å². The summed E-state index contributed by atoms with van der Waals surface area (Å²) in [6.07, 6.45) is 7.27. The van der Waals surface area contributed by atoms with Gasteiger partial charge in [-0.15, -0.1) is 10.2 Å². The molecule has 1 aliphatic heterocycles. The molecule has 40 heavy (non-hydrogen) atoms. The van der Waals surface area contributed by atoms with E-state index in [0.29, 0.717) is 30.1 Å². The highest BCUT2D eigenvalue weighted by Gasteiger charge is 2.49. The third kappa shape index (κ3) is 4.75. The minimum Gasteiger partial charge on any atom is -0.321 e. The van der Waals surface area contributed by atoms with E-state index in [-0.39, 0.29) is 22.9 Å². The molecule has 1 aromatic carbocycles. The van der Waals surface area contributed by atoms with Crippen molar-refractivity contribution >= 4 is 17.1 Å². The van der Waals surface area contributed by atoms with Crippen LogP contribution in [-0.4, -0.2) is 48.3 Å². The van der Waals surface area contributed by atoms with Crippen LogP contribution in [0, 0.1) is 29.0 Å². The fourth-order valence-electron chi connectivity index (χ4n) is 6.61. The summed E-state index contributed by atoms with van der Waals surface area (Å²) in [6, 6.07) is 13.7. The average molecular weight is 541 g/mol. The number of carbonyl (C=O) groups is 1. The number of anilines is 1. The van der Waals surface area contributed by atoms with Gasteiger partial charge in [0, 0.05) is 32.2 Å². The average Bonchev–Trinajstić information content (AvgIpc) is 3.51. The maximum Gasteiger partial charge on any atom is 0.274 e. The lowest BCUT2D eigenvalue weighted by molar-refractivity contribution is 0.101. The summed E-state index contributed by atoms with van der Waals surface area (Å²) in [6.45, 7) is 4.89. The van der Waals surface area contributed by atoms with Gasteiger partial charge in [-0.3, -0.25) is 9.69 Å². The number of amides is 1. The lowest BCUT2D eigenvalue weighted by Crippen LogP contribution is -2.44. The molecule has 1 aliphatic carbocycles. The van der Waals surface area contributed by atoms with Crippen LogP contribution in [0.5, 0.6) is 0 Å². The highest BCUT2D eigenvalue weighted by Crippen LogP contribution is 2.53. The first-order chi connectivity index (χ1) is 19.4. The number of carbonyl (C=O) groups excluding carboxylic acids is 1. The quantitative estimate of drug-likeness (QED) is 0.365. The van der Waals surface area contributed by atoms with Crippen molar-refractivity contribution in [3.05, 3.63) is 77.4 Å². The summed E-state index contributed by atoms with van der Waals surface area (Å²) in [7, 11) is 1.92. The summed E-state index contributed by atoms with van der Waals surface area (Å²) in [5, 5.41) is 24.9. The van der Waals surface area contributed by atoms with Crippen LogP contribution in [0.25, 0.3) is 5.52 Å². The molecular weight excluding hydrogens is 507 g/mol. The minimum atomic E-state index is -0.451. The molecule has 2 aliphatic rings. The molecule has 6 rings (SSSR count). The lowest BCUT2D eigenvalue weighted by Gasteiger charge is -2.46. The van der Waals surface area contributed by atoms with Gasteiger partial charge < -0.3 is 9.88 Å². The zero-order valence-corrected chi connectivity index (χ0v) is 22.8. The van der Waals surface area contributed by atoms with E-state index in [0.717, 1.165) is 55.5 Å².